The molecule has 1 N–H and O–H groups in total. The van der Waals surface area contributed by atoms with Crippen LogP contribution in [0.2, 0.25) is 0 Å². The summed E-state index contributed by atoms with van der Waals surface area (Å²) in [6, 6.07) is -0.461. The molecule has 0 radical (unpaired) electrons. The first-order chi connectivity index (χ1) is 6.27. The van der Waals surface area contributed by atoms with Gasteiger partial charge in [-0.1, -0.05) is 0 Å². The van der Waals surface area contributed by atoms with Crippen LogP contribution in [0.4, 0.5) is 0 Å². The second-order valence-electron chi connectivity index (χ2n) is 2.73. The van der Waals surface area contributed by atoms with E-state index in [1.54, 1.807) is 0 Å². The van der Waals surface area contributed by atoms with Crippen molar-refractivity contribution in [1.82, 2.24) is 5.32 Å². The Balaban J connectivity index is 2.39. The van der Waals surface area contributed by atoms with Gasteiger partial charge in [0.15, 0.2) is 11.9 Å². The van der Waals surface area contributed by atoms with Crippen molar-refractivity contribution in [3.63, 3.8) is 0 Å². The number of rotatable bonds is 4. The second-order valence-corrected chi connectivity index (χ2v) is 2.73. The topological polar surface area (TPSA) is 59.9 Å². The van der Waals surface area contributed by atoms with Crippen LogP contribution < -0.4 is 5.32 Å². The lowest BCUT2D eigenvalue weighted by molar-refractivity contribution is -0.142. The SMILES string of the molecule is CNCCC1=NC(C(=O)OC)CO1. The summed E-state index contributed by atoms with van der Waals surface area (Å²) in [6.07, 6.45) is 0.712. The molecule has 74 valence electrons. The fourth-order valence-corrected chi connectivity index (χ4v) is 1.05. The van der Waals surface area contributed by atoms with E-state index in [1.807, 2.05) is 7.05 Å². The van der Waals surface area contributed by atoms with Gasteiger partial charge in [0.25, 0.3) is 0 Å². The van der Waals surface area contributed by atoms with Crippen LogP contribution in [0, 0.1) is 0 Å². The molecule has 0 saturated heterocycles. The van der Waals surface area contributed by atoms with E-state index in [4.69, 9.17) is 4.74 Å². The molecular formula is C8H14N2O3. The van der Waals surface area contributed by atoms with Crippen LogP contribution in [-0.4, -0.2) is 45.2 Å². The van der Waals surface area contributed by atoms with Crippen LogP contribution in [0.1, 0.15) is 6.42 Å². The van der Waals surface area contributed by atoms with Gasteiger partial charge in [-0.05, 0) is 7.05 Å². The Morgan fingerprint density at radius 2 is 2.62 bits per heavy atom. The van der Waals surface area contributed by atoms with E-state index in [-0.39, 0.29) is 5.97 Å². The number of ether oxygens (including phenoxy) is 2. The van der Waals surface area contributed by atoms with Crippen LogP contribution in [0.25, 0.3) is 0 Å². The maximum absolute atomic E-state index is 11.0. The minimum absolute atomic E-state index is 0.311. The predicted octanol–water partition coefficient (Wildman–Crippen LogP) is -0.434. The van der Waals surface area contributed by atoms with Crippen molar-refractivity contribution in [2.24, 2.45) is 4.99 Å². The Labute approximate surface area is 77.1 Å². The average Bonchev–Trinajstić information content (AvgIpc) is 2.62. The molecule has 1 aliphatic heterocycles. The summed E-state index contributed by atoms with van der Waals surface area (Å²) in [6.45, 7) is 1.11. The third-order valence-electron chi connectivity index (χ3n) is 1.77. The summed E-state index contributed by atoms with van der Waals surface area (Å²) in [4.78, 5) is 15.1. The van der Waals surface area contributed by atoms with Gasteiger partial charge in [-0.25, -0.2) is 9.79 Å². The third kappa shape index (κ3) is 2.69. The van der Waals surface area contributed by atoms with Crippen LogP contribution in [0.5, 0.6) is 0 Å². The zero-order chi connectivity index (χ0) is 9.68. The maximum Gasteiger partial charge on any atom is 0.334 e. The molecule has 0 aliphatic carbocycles. The normalized spacial score (nSPS) is 20.8. The van der Waals surface area contributed by atoms with Gasteiger partial charge in [-0.15, -0.1) is 0 Å². The quantitative estimate of drug-likeness (QED) is 0.605. The summed E-state index contributed by atoms with van der Waals surface area (Å²) in [5.41, 5.74) is 0. The Morgan fingerprint density at radius 3 is 3.23 bits per heavy atom. The highest BCUT2D eigenvalue weighted by Gasteiger charge is 2.25. The molecule has 1 atom stereocenters. The van der Waals surface area contributed by atoms with Gasteiger partial charge in [0.2, 0.25) is 0 Å². The van der Waals surface area contributed by atoms with Crippen molar-refractivity contribution < 1.29 is 14.3 Å². The Hall–Kier alpha value is -1.10. The molecule has 0 aromatic rings. The number of hydrogen-bond acceptors (Lipinski definition) is 5. The zero-order valence-corrected chi connectivity index (χ0v) is 7.87. The van der Waals surface area contributed by atoms with Gasteiger partial charge in [0, 0.05) is 13.0 Å². The lowest BCUT2D eigenvalue weighted by Crippen LogP contribution is -2.21. The number of nitrogens with zero attached hydrogens (tertiary/aromatic N) is 1. The zero-order valence-electron chi connectivity index (χ0n) is 7.87. The average molecular weight is 186 g/mol. The van der Waals surface area contributed by atoms with E-state index in [0.717, 1.165) is 6.54 Å². The molecule has 0 aromatic heterocycles. The second kappa shape index (κ2) is 4.81. The first-order valence-electron chi connectivity index (χ1n) is 4.20. The van der Waals surface area contributed by atoms with E-state index in [9.17, 15) is 4.79 Å². The summed E-state index contributed by atoms with van der Waals surface area (Å²) in [5, 5.41) is 2.98. The number of aliphatic imine (C=N–C) groups is 1. The van der Waals surface area contributed by atoms with Crippen molar-refractivity contribution in [3.8, 4) is 0 Å². The van der Waals surface area contributed by atoms with Crippen LogP contribution >= 0.6 is 0 Å². The van der Waals surface area contributed by atoms with E-state index in [0.29, 0.717) is 18.9 Å². The molecule has 0 amide bonds. The summed E-state index contributed by atoms with van der Waals surface area (Å²) < 4.78 is 9.75. The molecule has 1 rings (SSSR count). The minimum Gasteiger partial charge on any atom is -0.478 e. The van der Waals surface area contributed by atoms with Gasteiger partial charge in [0.05, 0.1) is 7.11 Å². The Kier molecular flexibility index (Phi) is 3.70. The number of nitrogens with one attached hydrogen (secondary N) is 1. The highest BCUT2D eigenvalue weighted by atomic mass is 16.5. The molecule has 1 aliphatic rings. The molecular weight excluding hydrogens is 172 g/mol. The van der Waals surface area contributed by atoms with Gasteiger partial charge < -0.3 is 14.8 Å². The molecule has 0 spiro atoms. The number of hydrogen-bond donors (Lipinski definition) is 1. The molecule has 0 fully saturated rings. The predicted molar refractivity (Wildman–Crippen MR) is 47.7 cm³/mol. The Bertz CT molecular complexity index is 215. The lowest BCUT2D eigenvalue weighted by Gasteiger charge is -2.00. The van der Waals surface area contributed by atoms with E-state index in [1.165, 1.54) is 7.11 Å². The largest absolute Gasteiger partial charge is 0.478 e. The fourth-order valence-electron chi connectivity index (χ4n) is 1.05. The van der Waals surface area contributed by atoms with E-state index >= 15 is 0 Å². The molecule has 13 heavy (non-hydrogen) atoms. The third-order valence-corrected chi connectivity index (χ3v) is 1.77. The van der Waals surface area contributed by atoms with Crippen LogP contribution in [0.15, 0.2) is 4.99 Å². The van der Waals surface area contributed by atoms with Crippen LogP contribution in [0.3, 0.4) is 0 Å². The molecule has 1 heterocycles. The van der Waals surface area contributed by atoms with E-state index < -0.39 is 6.04 Å². The lowest BCUT2D eigenvalue weighted by atomic mass is 10.3. The molecule has 5 nitrogen and oxygen atoms in total. The van der Waals surface area contributed by atoms with Gasteiger partial charge >= 0.3 is 5.97 Å². The fraction of sp³-hybridized carbons (Fsp3) is 0.750. The number of methoxy groups -OCH3 is 1. The number of carbonyl (C=O) groups excluding carboxylic acids is 1. The molecule has 5 heteroatoms. The summed E-state index contributed by atoms with van der Waals surface area (Å²) in [7, 11) is 3.21. The van der Waals surface area contributed by atoms with Gasteiger partial charge in [-0.2, -0.15) is 0 Å². The maximum atomic E-state index is 11.0. The van der Waals surface area contributed by atoms with Crippen LogP contribution in [-0.2, 0) is 14.3 Å². The standard InChI is InChI=1S/C8H14N2O3/c1-9-4-3-7-10-6(5-13-7)8(11)12-2/h6,9H,3-5H2,1-2H3. The molecule has 0 bridgehead atoms. The number of esters is 1. The molecule has 0 aromatic carbocycles. The van der Waals surface area contributed by atoms with Gasteiger partial charge in [0.1, 0.15) is 6.61 Å². The van der Waals surface area contributed by atoms with Crippen molar-refractivity contribution in [3.05, 3.63) is 0 Å². The molecule has 1 unspecified atom stereocenters. The highest BCUT2D eigenvalue weighted by molar-refractivity contribution is 5.85. The molecule has 0 saturated carbocycles. The smallest absolute Gasteiger partial charge is 0.334 e. The first-order valence-corrected chi connectivity index (χ1v) is 4.20. The van der Waals surface area contributed by atoms with Crippen molar-refractivity contribution in [1.29, 1.82) is 0 Å². The van der Waals surface area contributed by atoms with Crippen molar-refractivity contribution in [2.45, 2.75) is 12.5 Å². The first kappa shape index (κ1) is 9.98. The Morgan fingerprint density at radius 1 is 1.85 bits per heavy atom. The monoisotopic (exact) mass is 186 g/mol. The van der Waals surface area contributed by atoms with Crippen molar-refractivity contribution in [2.75, 3.05) is 27.3 Å². The van der Waals surface area contributed by atoms with Crippen molar-refractivity contribution >= 4 is 11.9 Å². The van der Waals surface area contributed by atoms with E-state index in [2.05, 4.69) is 15.0 Å². The summed E-state index contributed by atoms with van der Waals surface area (Å²) >= 11 is 0. The summed E-state index contributed by atoms with van der Waals surface area (Å²) in [5.74, 6) is 0.296. The highest BCUT2D eigenvalue weighted by Crippen LogP contribution is 2.07. The minimum atomic E-state index is -0.461. The number of carbonyl (C=O) groups is 1. The van der Waals surface area contributed by atoms with Gasteiger partial charge in [-0.3, -0.25) is 0 Å².